The van der Waals surface area contributed by atoms with Crippen molar-refractivity contribution in [1.82, 2.24) is 0 Å². The van der Waals surface area contributed by atoms with Crippen LogP contribution in [0.2, 0.25) is 0 Å². The minimum Gasteiger partial charge on any atom is -0.488 e. The average molecular weight is 340 g/mol. The first-order valence-electron chi connectivity index (χ1n) is 7.92. The van der Waals surface area contributed by atoms with Gasteiger partial charge in [-0.3, -0.25) is 0 Å². The van der Waals surface area contributed by atoms with Crippen molar-refractivity contribution >= 4 is 12.4 Å². The Morgan fingerprint density at radius 2 is 1.46 bits per heavy atom. The molecule has 0 heterocycles. The van der Waals surface area contributed by atoms with Crippen LogP contribution in [0.3, 0.4) is 0 Å². The van der Waals surface area contributed by atoms with Crippen LogP contribution in [-0.2, 0) is 13.0 Å². The molecule has 0 aliphatic heterocycles. The Morgan fingerprint density at radius 3 is 2.25 bits per heavy atom. The van der Waals surface area contributed by atoms with E-state index < -0.39 is 0 Å². The topological polar surface area (TPSA) is 35.2 Å². The van der Waals surface area contributed by atoms with Crippen molar-refractivity contribution in [3.8, 4) is 16.9 Å². The lowest BCUT2D eigenvalue weighted by molar-refractivity contribution is 0.307. The molecule has 0 unspecified atom stereocenters. The minimum absolute atomic E-state index is 0. The summed E-state index contributed by atoms with van der Waals surface area (Å²) in [7, 11) is 0. The van der Waals surface area contributed by atoms with E-state index in [4.69, 9.17) is 10.5 Å². The van der Waals surface area contributed by atoms with Crippen LogP contribution in [0.4, 0.5) is 0 Å². The standard InChI is InChI=1S/C21H21NO.ClH/c22-14-13-17-9-6-10-19(15-17)20-11-4-5-12-21(20)23-16-18-7-2-1-3-8-18;/h1-12,15H,13-14,16,22H2;1H. The number of nitrogens with two attached hydrogens (primary N) is 1. The Hall–Kier alpha value is -2.29. The number of halogens is 1. The quantitative estimate of drug-likeness (QED) is 0.696. The van der Waals surface area contributed by atoms with Gasteiger partial charge in [0.15, 0.2) is 0 Å². The lowest BCUT2D eigenvalue weighted by atomic mass is 10.0. The number of para-hydroxylation sites is 1. The molecule has 2 nitrogen and oxygen atoms in total. The summed E-state index contributed by atoms with van der Waals surface area (Å²) in [5.74, 6) is 0.904. The molecule has 0 saturated heterocycles. The summed E-state index contributed by atoms with van der Waals surface area (Å²) in [5.41, 5.74) is 10.4. The largest absolute Gasteiger partial charge is 0.488 e. The third kappa shape index (κ3) is 4.60. The molecule has 0 fully saturated rings. The second kappa shape index (κ2) is 9.11. The molecule has 3 heteroatoms. The average Bonchev–Trinajstić information content (AvgIpc) is 2.62. The molecule has 0 bridgehead atoms. The lowest BCUT2D eigenvalue weighted by Crippen LogP contribution is -2.02. The first-order valence-corrected chi connectivity index (χ1v) is 7.92. The summed E-state index contributed by atoms with van der Waals surface area (Å²) in [6.07, 6.45) is 0.890. The third-order valence-corrected chi connectivity index (χ3v) is 3.80. The van der Waals surface area contributed by atoms with Crippen LogP contribution in [0.1, 0.15) is 11.1 Å². The molecule has 0 atom stereocenters. The van der Waals surface area contributed by atoms with Crippen molar-refractivity contribution in [1.29, 1.82) is 0 Å². The zero-order chi connectivity index (χ0) is 15.9. The minimum atomic E-state index is 0. The maximum Gasteiger partial charge on any atom is 0.127 e. The van der Waals surface area contributed by atoms with Crippen LogP contribution < -0.4 is 10.5 Å². The summed E-state index contributed by atoms with van der Waals surface area (Å²) in [6, 6.07) is 26.9. The van der Waals surface area contributed by atoms with Crippen molar-refractivity contribution in [3.05, 3.63) is 90.0 Å². The van der Waals surface area contributed by atoms with E-state index >= 15 is 0 Å². The van der Waals surface area contributed by atoms with E-state index in [1.165, 1.54) is 16.7 Å². The van der Waals surface area contributed by atoms with Crippen molar-refractivity contribution in [2.24, 2.45) is 5.73 Å². The molecular formula is C21H22ClNO. The predicted octanol–water partition coefficient (Wildman–Crippen LogP) is 4.86. The molecule has 3 aromatic rings. The van der Waals surface area contributed by atoms with Crippen LogP contribution in [0.15, 0.2) is 78.9 Å². The molecular weight excluding hydrogens is 318 g/mol. The second-order valence-corrected chi connectivity index (χ2v) is 5.51. The van der Waals surface area contributed by atoms with E-state index in [0.29, 0.717) is 13.2 Å². The van der Waals surface area contributed by atoms with Crippen LogP contribution in [0, 0.1) is 0 Å². The van der Waals surface area contributed by atoms with E-state index in [0.717, 1.165) is 17.7 Å². The van der Waals surface area contributed by atoms with Crippen molar-refractivity contribution in [2.45, 2.75) is 13.0 Å². The number of ether oxygens (including phenoxy) is 1. The fourth-order valence-corrected chi connectivity index (χ4v) is 2.63. The lowest BCUT2D eigenvalue weighted by Gasteiger charge is -2.12. The molecule has 0 aliphatic carbocycles. The highest BCUT2D eigenvalue weighted by Gasteiger charge is 2.07. The molecule has 2 N–H and O–H groups in total. The van der Waals surface area contributed by atoms with E-state index in [1.807, 2.05) is 36.4 Å². The predicted molar refractivity (Wildman–Crippen MR) is 103 cm³/mol. The molecule has 0 aliphatic rings. The zero-order valence-corrected chi connectivity index (χ0v) is 14.3. The van der Waals surface area contributed by atoms with Gasteiger partial charge in [-0.05, 0) is 35.7 Å². The second-order valence-electron chi connectivity index (χ2n) is 5.51. The van der Waals surface area contributed by atoms with Crippen molar-refractivity contribution < 1.29 is 4.74 Å². The van der Waals surface area contributed by atoms with Gasteiger partial charge in [-0.2, -0.15) is 0 Å². The molecule has 3 aromatic carbocycles. The Morgan fingerprint density at radius 1 is 0.750 bits per heavy atom. The zero-order valence-electron chi connectivity index (χ0n) is 13.5. The maximum atomic E-state index is 6.05. The van der Waals surface area contributed by atoms with E-state index in [9.17, 15) is 0 Å². The van der Waals surface area contributed by atoms with Gasteiger partial charge in [-0.1, -0.05) is 72.8 Å². The van der Waals surface area contributed by atoms with Gasteiger partial charge in [-0.15, -0.1) is 12.4 Å². The molecule has 0 spiro atoms. The SMILES string of the molecule is Cl.NCCc1cccc(-c2ccccc2OCc2ccccc2)c1. The highest BCUT2D eigenvalue weighted by molar-refractivity contribution is 5.85. The normalized spacial score (nSPS) is 10.0. The van der Waals surface area contributed by atoms with Gasteiger partial charge in [0.1, 0.15) is 12.4 Å². The fraction of sp³-hybridized carbons (Fsp3) is 0.143. The molecule has 24 heavy (non-hydrogen) atoms. The monoisotopic (exact) mass is 339 g/mol. The third-order valence-electron chi connectivity index (χ3n) is 3.80. The van der Waals surface area contributed by atoms with Crippen LogP contribution in [0.5, 0.6) is 5.75 Å². The number of rotatable bonds is 6. The smallest absolute Gasteiger partial charge is 0.127 e. The summed E-state index contributed by atoms with van der Waals surface area (Å²) >= 11 is 0. The van der Waals surface area contributed by atoms with E-state index in [1.54, 1.807) is 0 Å². The van der Waals surface area contributed by atoms with Crippen molar-refractivity contribution in [3.63, 3.8) is 0 Å². The van der Waals surface area contributed by atoms with Gasteiger partial charge in [-0.25, -0.2) is 0 Å². The van der Waals surface area contributed by atoms with Gasteiger partial charge in [0, 0.05) is 5.56 Å². The van der Waals surface area contributed by atoms with Crippen LogP contribution >= 0.6 is 12.4 Å². The van der Waals surface area contributed by atoms with Crippen molar-refractivity contribution in [2.75, 3.05) is 6.54 Å². The first kappa shape index (κ1) is 18.1. The Labute approximate surface area is 149 Å². The highest BCUT2D eigenvalue weighted by atomic mass is 35.5. The number of benzene rings is 3. The number of hydrogen-bond donors (Lipinski definition) is 1. The molecule has 124 valence electrons. The van der Waals surface area contributed by atoms with Gasteiger partial charge in [0.05, 0.1) is 0 Å². The van der Waals surface area contributed by atoms with Crippen LogP contribution in [-0.4, -0.2) is 6.54 Å². The van der Waals surface area contributed by atoms with E-state index in [2.05, 4.69) is 42.5 Å². The summed E-state index contributed by atoms with van der Waals surface area (Å²) in [4.78, 5) is 0. The highest BCUT2D eigenvalue weighted by Crippen LogP contribution is 2.31. The Bertz CT molecular complexity index is 759. The Kier molecular flexibility index (Phi) is 6.86. The Balaban J connectivity index is 0.00000208. The molecule has 3 rings (SSSR count). The summed E-state index contributed by atoms with van der Waals surface area (Å²) in [5, 5.41) is 0. The summed E-state index contributed by atoms with van der Waals surface area (Å²) in [6.45, 7) is 1.23. The van der Waals surface area contributed by atoms with Gasteiger partial charge in [0.2, 0.25) is 0 Å². The number of hydrogen-bond acceptors (Lipinski definition) is 2. The molecule has 0 saturated carbocycles. The van der Waals surface area contributed by atoms with Gasteiger partial charge >= 0.3 is 0 Å². The first-order chi connectivity index (χ1) is 11.4. The van der Waals surface area contributed by atoms with Gasteiger partial charge in [0.25, 0.3) is 0 Å². The van der Waals surface area contributed by atoms with Crippen LogP contribution in [0.25, 0.3) is 11.1 Å². The summed E-state index contributed by atoms with van der Waals surface area (Å²) < 4.78 is 6.05. The molecule has 0 amide bonds. The fourth-order valence-electron chi connectivity index (χ4n) is 2.63. The van der Waals surface area contributed by atoms with E-state index in [-0.39, 0.29) is 12.4 Å². The van der Waals surface area contributed by atoms with Gasteiger partial charge < -0.3 is 10.5 Å². The maximum absolute atomic E-state index is 6.05. The molecule has 0 aromatic heterocycles. The molecule has 0 radical (unpaired) electrons.